The van der Waals surface area contributed by atoms with E-state index in [0.717, 1.165) is 0 Å². The molecule has 4 heterocycles. The third-order valence-corrected chi connectivity index (χ3v) is 5.68. The first-order valence-electron chi connectivity index (χ1n) is 11.1. The fourth-order valence-corrected chi connectivity index (χ4v) is 4.18. The number of nitrogens with zero attached hydrogens (tertiary/aromatic N) is 4. The van der Waals surface area contributed by atoms with Gasteiger partial charge in [-0.05, 0) is 13.8 Å². The van der Waals surface area contributed by atoms with Crippen LogP contribution in [0, 0.1) is 13.8 Å². The van der Waals surface area contributed by atoms with Crippen molar-refractivity contribution in [2.24, 2.45) is 0 Å². The molecule has 2 aromatic rings. The number of aryl methyl sites for hydroxylation is 1. The maximum atomic E-state index is 12.5. The zero-order valence-electron chi connectivity index (χ0n) is 19.7. The highest BCUT2D eigenvalue weighted by Gasteiger charge is 2.36. The molecule has 2 aliphatic heterocycles. The molecule has 0 saturated carbocycles. The first-order valence-corrected chi connectivity index (χ1v) is 9.94. The molecule has 0 spiro atoms. The van der Waals surface area contributed by atoms with E-state index in [9.17, 15) is 4.79 Å². The Hall–Kier alpha value is -2.65. The number of carbonyl (C=O) groups is 1. The van der Waals surface area contributed by atoms with Crippen LogP contribution >= 0.6 is 11.6 Å². The predicted octanol–water partition coefficient (Wildman–Crippen LogP) is 1.74. The highest BCUT2D eigenvalue weighted by atomic mass is 35.5. The summed E-state index contributed by atoms with van der Waals surface area (Å²) in [6, 6.07) is 0.0312. The van der Waals surface area contributed by atoms with Gasteiger partial charge in [0, 0.05) is 45.9 Å². The molecule has 9 nitrogen and oxygen atoms in total. The van der Waals surface area contributed by atoms with Gasteiger partial charge in [0.15, 0.2) is 0 Å². The molecule has 1 fully saturated rings. The molecular weight excluding hydrogens is 408 g/mol. The maximum Gasteiger partial charge on any atom is 0.223 e. The first-order chi connectivity index (χ1) is 15.6. The van der Waals surface area contributed by atoms with Gasteiger partial charge in [0.1, 0.15) is 16.7 Å². The van der Waals surface area contributed by atoms with Crippen LogP contribution in [0.4, 0.5) is 11.8 Å². The number of nitrogens with one attached hydrogen (secondary N) is 1. The summed E-state index contributed by atoms with van der Waals surface area (Å²) in [7, 11) is 1.43. The lowest BCUT2D eigenvalue weighted by atomic mass is 10.00. The van der Waals surface area contributed by atoms with Gasteiger partial charge in [-0.3, -0.25) is 9.78 Å². The monoisotopic (exact) mass is 435 g/mol. The van der Waals surface area contributed by atoms with Crippen molar-refractivity contribution in [3.8, 4) is 5.75 Å². The average molecular weight is 436 g/mol. The van der Waals surface area contributed by atoms with E-state index >= 15 is 0 Å². The van der Waals surface area contributed by atoms with Gasteiger partial charge >= 0.3 is 0 Å². The molecule has 0 aromatic carbocycles. The fourth-order valence-electron chi connectivity index (χ4n) is 3.85. The van der Waals surface area contributed by atoms with E-state index in [1.165, 1.54) is 13.3 Å². The second-order valence-electron chi connectivity index (χ2n) is 7.47. The maximum absolute atomic E-state index is 12.5. The number of methoxy groups -OCH3 is 1. The van der Waals surface area contributed by atoms with Crippen molar-refractivity contribution in [2.75, 3.05) is 37.5 Å². The zero-order chi connectivity index (χ0) is 23.9. The Morgan fingerprint density at radius 2 is 2.30 bits per heavy atom. The van der Waals surface area contributed by atoms with Crippen LogP contribution in [0.5, 0.6) is 5.75 Å². The van der Waals surface area contributed by atoms with Crippen LogP contribution in [-0.4, -0.2) is 53.8 Å². The smallest absolute Gasteiger partial charge is 0.223 e. The van der Waals surface area contributed by atoms with Crippen molar-refractivity contribution in [3.63, 3.8) is 0 Å². The molecule has 10 heteroatoms. The van der Waals surface area contributed by atoms with Crippen molar-refractivity contribution < 1.29 is 18.4 Å². The molecule has 2 aromatic heterocycles. The van der Waals surface area contributed by atoms with Gasteiger partial charge < -0.3 is 25.4 Å². The van der Waals surface area contributed by atoms with Crippen LogP contribution < -0.4 is 20.7 Å². The normalized spacial score (nSPS) is 20.0. The Balaban J connectivity index is 1.62. The zero-order valence-corrected chi connectivity index (χ0v) is 17.5. The van der Waals surface area contributed by atoms with E-state index in [2.05, 4.69) is 20.3 Å². The molecule has 0 radical (unpaired) electrons. The quantitative estimate of drug-likeness (QED) is 0.659. The Morgan fingerprint density at radius 1 is 1.50 bits per heavy atom. The van der Waals surface area contributed by atoms with E-state index in [1.54, 1.807) is 6.92 Å². The second kappa shape index (κ2) is 8.23. The van der Waals surface area contributed by atoms with Crippen molar-refractivity contribution in [3.05, 3.63) is 33.7 Å². The molecule has 1 saturated heterocycles. The number of nitrogens with two attached hydrogens (primary N) is 1. The van der Waals surface area contributed by atoms with Crippen LogP contribution in [0.15, 0.2) is 6.20 Å². The van der Waals surface area contributed by atoms with E-state index in [4.69, 9.17) is 30.9 Å². The van der Waals surface area contributed by atoms with Crippen molar-refractivity contribution in [1.82, 2.24) is 20.3 Å². The molecule has 0 bridgehead atoms. The van der Waals surface area contributed by atoms with Crippen LogP contribution in [0.2, 0.25) is 5.15 Å². The van der Waals surface area contributed by atoms with Gasteiger partial charge in [0.2, 0.25) is 11.9 Å². The number of pyridine rings is 1. The lowest BCUT2D eigenvalue weighted by Crippen LogP contribution is -2.48. The lowest BCUT2D eigenvalue weighted by molar-refractivity contribution is -0.125. The number of amides is 1. The van der Waals surface area contributed by atoms with E-state index in [0.29, 0.717) is 48.9 Å². The minimum absolute atomic E-state index is 0.0282. The van der Waals surface area contributed by atoms with Crippen LogP contribution in [0.3, 0.4) is 0 Å². The van der Waals surface area contributed by atoms with Gasteiger partial charge in [-0.2, -0.15) is 4.98 Å². The summed E-state index contributed by atoms with van der Waals surface area (Å²) >= 11 is 6.41. The highest BCUT2D eigenvalue weighted by molar-refractivity contribution is 6.30. The fraction of sp³-hybridized carbons (Fsp3) is 0.500. The largest absolute Gasteiger partial charge is 0.496 e. The van der Waals surface area contributed by atoms with Gasteiger partial charge in [-0.25, -0.2) is 4.98 Å². The molecule has 0 unspecified atom stereocenters. The summed E-state index contributed by atoms with van der Waals surface area (Å²) in [4.78, 5) is 27.3. The lowest BCUT2D eigenvalue weighted by Gasteiger charge is -2.27. The molecule has 0 aliphatic carbocycles. The van der Waals surface area contributed by atoms with Gasteiger partial charge in [-0.1, -0.05) is 11.6 Å². The van der Waals surface area contributed by atoms with Crippen LogP contribution in [0.25, 0.3) is 0 Å². The Labute approximate surface area is 184 Å². The van der Waals surface area contributed by atoms with E-state index in [1.807, 2.05) is 4.90 Å². The van der Waals surface area contributed by atoms with E-state index in [-0.39, 0.29) is 46.7 Å². The van der Waals surface area contributed by atoms with Crippen LogP contribution in [0.1, 0.15) is 38.8 Å². The standard InChI is InChI=1S/C20H25ClN6O3/c1-10-5-23-14(11(2)17(10)29-3)7-27-6-12(4-15(28)24-13-8-30-9-13)16-18(21)25-20(22)26-19(16)27/h5,12-13H,4,6-9H2,1-3H3,(H,24,28)(H2,22,25,26)/t12-/m0/s1/i1D3. The second-order valence-corrected chi connectivity index (χ2v) is 7.83. The van der Waals surface area contributed by atoms with Gasteiger partial charge in [-0.15, -0.1) is 0 Å². The average Bonchev–Trinajstić information content (AvgIpc) is 3.02. The molecule has 1 amide bonds. The molecule has 2 aliphatic rings. The third-order valence-electron chi connectivity index (χ3n) is 5.39. The highest BCUT2D eigenvalue weighted by Crippen LogP contribution is 2.42. The SMILES string of the molecule is [2H]C([2H])([2H])c1cnc(CN2C[C@H](CC(=O)NC3COC3)c3c(Cl)nc(N)nc32)c(C)c1OC. The van der Waals surface area contributed by atoms with Gasteiger partial charge in [0.25, 0.3) is 0 Å². The number of halogens is 1. The molecule has 4 rings (SSSR count). The Kier molecular flexibility index (Phi) is 4.69. The Bertz CT molecular complexity index is 1080. The summed E-state index contributed by atoms with van der Waals surface area (Å²) in [6.45, 7) is 1.20. The summed E-state index contributed by atoms with van der Waals surface area (Å²) in [5.74, 6) is 0.501. The van der Waals surface area contributed by atoms with Gasteiger partial charge in [0.05, 0.1) is 38.6 Å². The number of hydrogen-bond acceptors (Lipinski definition) is 8. The number of anilines is 2. The predicted molar refractivity (Wildman–Crippen MR) is 113 cm³/mol. The number of hydrogen-bond donors (Lipinski definition) is 2. The topological polar surface area (TPSA) is 115 Å². The Morgan fingerprint density at radius 3 is 2.97 bits per heavy atom. The summed E-state index contributed by atoms with van der Waals surface area (Å²) in [5.41, 5.74) is 7.80. The minimum atomic E-state index is -2.35. The van der Waals surface area contributed by atoms with E-state index < -0.39 is 6.85 Å². The minimum Gasteiger partial charge on any atom is -0.496 e. The third kappa shape index (κ3) is 3.87. The number of aromatic nitrogens is 3. The molecule has 30 heavy (non-hydrogen) atoms. The van der Waals surface area contributed by atoms with Crippen molar-refractivity contribution in [2.45, 2.75) is 38.7 Å². The number of nitrogen functional groups attached to an aromatic ring is 1. The number of fused-ring (bicyclic) bond motifs is 1. The van der Waals surface area contributed by atoms with Crippen molar-refractivity contribution >= 4 is 29.3 Å². The molecular formula is C20H25ClN6O3. The number of carbonyl (C=O) groups excluding carboxylic acids is 1. The van der Waals surface area contributed by atoms with Crippen LogP contribution in [-0.2, 0) is 16.1 Å². The summed E-state index contributed by atoms with van der Waals surface area (Å²) in [6.07, 6.45) is 1.53. The first kappa shape index (κ1) is 17.1. The summed E-state index contributed by atoms with van der Waals surface area (Å²) < 4.78 is 33.7. The molecule has 1 atom stereocenters. The van der Waals surface area contributed by atoms with Crippen molar-refractivity contribution in [1.29, 1.82) is 0 Å². The molecule has 160 valence electrons. The number of ether oxygens (including phenoxy) is 2. The summed E-state index contributed by atoms with van der Waals surface area (Å²) in [5, 5.41) is 3.15. The molecule has 3 N–H and O–H groups in total. The number of rotatable bonds is 6.